The maximum Gasteiger partial charge on any atom is 0.236 e. The van der Waals surface area contributed by atoms with Crippen molar-refractivity contribution in [1.29, 1.82) is 0 Å². The minimum Gasteiger partial charge on any atom is -0.383 e. The Balaban J connectivity index is 1.96. The molecule has 1 aromatic rings. The van der Waals surface area contributed by atoms with E-state index in [0.717, 1.165) is 12.1 Å². The second-order valence-corrected chi connectivity index (χ2v) is 5.06. The lowest BCUT2D eigenvalue weighted by Gasteiger charge is -2.28. The maximum atomic E-state index is 13.3. The van der Waals surface area contributed by atoms with E-state index in [-0.39, 0.29) is 25.1 Å². The normalized spacial score (nSPS) is 16.6. The van der Waals surface area contributed by atoms with E-state index in [4.69, 9.17) is 9.47 Å². The van der Waals surface area contributed by atoms with E-state index in [2.05, 4.69) is 5.32 Å². The van der Waals surface area contributed by atoms with Gasteiger partial charge in [0.25, 0.3) is 0 Å². The Kier molecular flexibility index (Phi) is 6.23. The number of halogens is 2. The zero-order valence-electron chi connectivity index (χ0n) is 12.5. The summed E-state index contributed by atoms with van der Waals surface area (Å²) in [4.78, 5) is 13.8. The van der Waals surface area contributed by atoms with Crippen LogP contribution in [0.15, 0.2) is 18.2 Å². The van der Waals surface area contributed by atoms with Gasteiger partial charge in [0.15, 0.2) is 11.6 Å². The molecule has 1 fully saturated rings. The molecule has 1 N–H and O–H groups in total. The Morgan fingerprint density at radius 2 is 2.09 bits per heavy atom. The Labute approximate surface area is 128 Å². The smallest absolute Gasteiger partial charge is 0.236 e. The van der Waals surface area contributed by atoms with Crippen LogP contribution in [0, 0.1) is 11.6 Å². The van der Waals surface area contributed by atoms with Crippen LogP contribution in [0.5, 0.6) is 0 Å². The average molecular weight is 314 g/mol. The monoisotopic (exact) mass is 314 g/mol. The SMILES string of the molecule is COCC(NCC(=O)N1CCOCC1)c1ccc(F)c(F)c1. The van der Waals surface area contributed by atoms with Crippen molar-refractivity contribution < 1.29 is 23.0 Å². The summed E-state index contributed by atoms with van der Waals surface area (Å²) in [5.74, 6) is -1.86. The fourth-order valence-electron chi connectivity index (χ4n) is 2.30. The van der Waals surface area contributed by atoms with Crippen molar-refractivity contribution in [2.45, 2.75) is 6.04 Å². The number of hydrogen-bond acceptors (Lipinski definition) is 4. The van der Waals surface area contributed by atoms with E-state index >= 15 is 0 Å². The largest absolute Gasteiger partial charge is 0.383 e. The van der Waals surface area contributed by atoms with Gasteiger partial charge in [-0.2, -0.15) is 0 Å². The van der Waals surface area contributed by atoms with Crippen LogP contribution >= 0.6 is 0 Å². The third-order valence-electron chi connectivity index (χ3n) is 3.54. The predicted molar refractivity (Wildman–Crippen MR) is 76.4 cm³/mol. The van der Waals surface area contributed by atoms with Crippen LogP contribution in [-0.2, 0) is 14.3 Å². The van der Waals surface area contributed by atoms with Gasteiger partial charge in [-0.05, 0) is 17.7 Å². The molecule has 22 heavy (non-hydrogen) atoms. The highest BCUT2D eigenvalue weighted by atomic mass is 19.2. The topological polar surface area (TPSA) is 50.8 Å². The molecule has 1 saturated heterocycles. The van der Waals surface area contributed by atoms with Crippen LogP contribution in [-0.4, -0.2) is 57.4 Å². The first-order chi connectivity index (χ1) is 10.6. The zero-order valence-corrected chi connectivity index (χ0v) is 12.5. The molecular formula is C15H20F2N2O3. The van der Waals surface area contributed by atoms with E-state index in [0.29, 0.717) is 31.9 Å². The maximum absolute atomic E-state index is 13.3. The number of methoxy groups -OCH3 is 1. The van der Waals surface area contributed by atoms with E-state index in [1.165, 1.54) is 13.2 Å². The van der Waals surface area contributed by atoms with Gasteiger partial charge < -0.3 is 14.4 Å². The molecule has 1 aliphatic heterocycles. The number of rotatable bonds is 6. The summed E-state index contributed by atoms with van der Waals surface area (Å²) in [5.41, 5.74) is 0.538. The molecule has 122 valence electrons. The molecule has 1 heterocycles. The molecule has 7 heteroatoms. The van der Waals surface area contributed by atoms with Crippen LogP contribution in [0.1, 0.15) is 11.6 Å². The molecule has 1 amide bonds. The van der Waals surface area contributed by atoms with E-state index in [1.54, 1.807) is 4.90 Å². The van der Waals surface area contributed by atoms with Crippen LogP contribution in [0.3, 0.4) is 0 Å². The first-order valence-electron chi connectivity index (χ1n) is 7.14. The van der Waals surface area contributed by atoms with Crippen molar-refractivity contribution in [1.82, 2.24) is 10.2 Å². The second-order valence-electron chi connectivity index (χ2n) is 5.06. The molecule has 0 spiro atoms. The first kappa shape index (κ1) is 16.8. The molecule has 1 unspecified atom stereocenters. The van der Waals surface area contributed by atoms with Gasteiger partial charge in [0.1, 0.15) is 0 Å². The summed E-state index contributed by atoms with van der Waals surface area (Å²) in [6.07, 6.45) is 0. The van der Waals surface area contributed by atoms with Gasteiger partial charge in [-0.1, -0.05) is 6.07 Å². The molecular weight excluding hydrogens is 294 g/mol. The lowest BCUT2D eigenvalue weighted by Crippen LogP contribution is -2.45. The summed E-state index contributed by atoms with van der Waals surface area (Å²) in [7, 11) is 1.51. The van der Waals surface area contributed by atoms with Gasteiger partial charge in [-0.25, -0.2) is 8.78 Å². The molecule has 1 atom stereocenters. The molecule has 0 aromatic heterocycles. The Bertz CT molecular complexity index is 508. The number of nitrogens with zero attached hydrogens (tertiary/aromatic N) is 1. The standard InChI is InChI=1S/C15H20F2N2O3/c1-21-10-14(11-2-3-12(16)13(17)8-11)18-9-15(20)19-4-6-22-7-5-19/h2-3,8,14,18H,4-7,9-10H2,1H3. The fourth-order valence-corrected chi connectivity index (χ4v) is 2.30. The summed E-state index contributed by atoms with van der Waals surface area (Å²) >= 11 is 0. The quantitative estimate of drug-likeness (QED) is 0.854. The first-order valence-corrected chi connectivity index (χ1v) is 7.14. The highest BCUT2D eigenvalue weighted by molar-refractivity contribution is 5.78. The molecule has 2 rings (SSSR count). The number of amides is 1. The lowest BCUT2D eigenvalue weighted by atomic mass is 10.1. The molecule has 0 aliphatic carbocycles. The number of benzene rings is 1. The van der Waals surface area contributed by atoms with Gasteiger partial charge >= 0.3 is 0 Å². The molecule has 1 aliphatic rings. The number of ether oxygens (including phenoxy) is 2. The van der Waals surface area contributed by atoms with Crippen LogP contribution in [0.25, 0.3) is 0 Å². The van der Waals surface area contributed by atoms with E-state index < -0.39 is 11.6 Å². The Morgan fingerprint density at radius 3 is 2.73 bits per heavy atom. The zero-order chi connectivity index (χ0) is 15.9. The highest BCUT2D eigenvalue weighted by Gasteiger charge is 2.19. The summed E-state index contributed by atoms with van der Waals surface area (Å²) in [6, 6.07) is 3.28. The second kappa shape index (κ2) is 8.17. The molecule has 1 aromatic carbocycles. The minimum atomic E-state index is -0.917. The van der Waals surface area contributed by atoms with E-state index in [1.807, 2.05) is 0 Å². The van der Waals surface area contributed by atoms with Crippen molar-refractivity contribution in [3.8, 4) is 0 Å². The number of carbonyl (C=O) groups is 1. The van der Waals surface area contributed by atoms with Crippen molar-refractivity contribution in [3.05, 3.63) is 35.4 Å². The fraction of sp³-hybridized carbons (Fsp3) is 0.533. The Hall–Kier alpha value is -1.57. The highest BCUT2D eigenvalue weighted by Crippen LogP contribution is 2.16. The van der Waals surface area contributed by atoms with Gasteiger partial charge in [-0.3, -0.25) is 10.1 Å². The molecule has 0 saturated carbocycles. The lowest BCUT2D eigenvalue weighted by molar-refractivity contribution is -0.134. The molecule has 5 nitrogen and oxygen atoms in total. The predicted octanol–water partition coefficient (Wildman–Crippen LogP) is 1.10. The molecule has 0 bridgehead atoms. The van der Waals surface area contributed by atoms with Gasteiger partial charge in [0.2, 0.25) is 5.91 Å². The third-order valence-corrected chi connectivity index (χ3v) is 3.54. The van der Waals surface area contributed by atoms with Crippen LogP contribution < -0.4 is 5.32 Å². The summed E-state index contributed by atoms with van der Waals surface area (Å²) in [6.45, 7) is 2.57. The third kappa shape index (κ3) is 4.46. The Morgan fingerprint density at radius 1 is 1.36 bits per heavy atom. The number of hydrogen-bond donors (Lipinski definition) is 1. The van der Waals surface area contributed by atoms with Gasteiger partial charge in [-0.15, -0.1) is 0 Å². The van der Waals surface area contributed by atoms with Gasteiger partial charge in [0, 0.05) is 20.2 Å². The average Bonchev–Trinajstić information content (AvgIpc) is 2.54. The van der Waals surface area contributed by atoms with Crippen LogP contribution in [0.4, 0.5) is 8.78 Å². The molecule has 0 radical (unpaired) electrons. The van der Waals surface area contributed by atoms with Crippen LogP contribution in [0.2, 0.25) is 0 Å². The number of morpholine rings is 1. The number of nitrogens with one attached hydrogen (secondary N) is 1. The number of carbonyl (C=O) groups excluding carboxylic acids is 1. The van der Waals surface area contributed by atoms with Crippen molar-refractivity contribution >= 4 is 5.91 Å². The van der Waals surface area contributed by atoms with Crippen molar-refractivity contribution in [2.24, 2.45) is 0 Å². The van der Waals surface area contributed by atoms with E-state index in [9.17, 15) is 13.6 Å². The summed E-state index contributed by atoms with van der Waals surface area (Å²) < 4.78 is 36.6. The van der Waals surface area contributed by atoms with Gasteiger partial charge in [0.05, 0.1) is 32.4 Å². The van der Waals surface area contributed by atoms with Crippen molar-refractivity contribution in [3.63, 3.8) is 0 Å². The summed E-state index contributed by atoms with van der Waals surface area (Å²) in [5, 5.41) is 3.03. The van der Waals surface area contributed by atoms with Crippen molar-refractivity contribution in [2.75, 3.05) is 46.6 Å². The minimum absolute atomic E-state index is 0.0491.